The van der Waals surface area contributed by atoms with Gasteiger partial charge in [-0.15, -0.1) is 0 Å². The fourth-order valence-electron chi connectivity index (χ4n) is 1.53. The third kappa shape index (κ3) is 1.78. The summed E-state index contributed by atoms with van der Waals surface area (Å²) in [6.07, 6.45) is 4.56. The minimum atomic E-state index is -0.0548. The maximum atomic E-state index is 11.5. The van der Waals surface area contributed by atoms with Gasteiger partial charge < -0.3 is 9.88 Å². The first-order chi connectivity index (χ1) is 6.68. The summed E-state index contributed by atoms with van der Waals surface area (Å²) in [6.45, 7) is 3.09. The maximum Gasteiger partial charge on any atom is 0.293 e. The Labute approximate surface area is 83.0 Å². The summed E-state index contributed by atoms with van der Waals surface area (Å²) in [6, 6.07) is 0. The molecule has 0 amide bonds. The van der Waals surface area contributed by atoms with Gasteiger partial charge in [-0.25, -0.2) is 4.98 Å². The van der Waals surface area contributed by atoms with E-state index in [2.05, 4.69) is 17.2 Å². The monoisotopic (exact) mass is 193 g/mol. The molecule has 1 aromatic heterocycles. The van der Waals surface area contributed by atoms with Crippen LogP contribution in [0.3, 0.4) is 0 Å². The first kappa shape index (κ1) is 9.24. The van der Waals surface area contributed by atoms with Crippen LogP contribution in [0, 0.1) is 11.8 Å². The second-order valence-corrected chi connectivity index (χ2v) is 4.05. The number of aromatic nitrogens is 2. The summed E-state index contributed by atoms with van der Waals surface area (Å²) in [7, 11) is 1.73. The molecule has 0 bridgehead atoms. The van der Waals surface area contributed by atoms with Crippen molar-refractivity contribution >= 4 is 5.82 Å². The largest absolute Gasteiger partial charge is 0.365 e. The SMILES string of the molecule is CC1CC1CNc1nccn(C)c1=O. The van der Waals surface area contributed by atoms with Crippen LogP contribution >= 0.6 is 0 Å². The standard InChI is InChI=1S/C10H15N3O/c1-7-5-8(7)6-12-9-10(14)13(2)4-3-11-9/h3-4,7-8H,5-6H2,1-2H3,(H,11,12). The number of nitrogens with zero attached hydrogens (tertiary/aromatic N) is 2. The lowest BCUT2D eigenvalue weighted by Gasteiger charge is -2.04. The summed E-state index contributed by atoms with van der Waals surface area (Å²) in [5, 5.41) is 3.10. The van der Waals surface area contributed by atoms with Crippen molar-refractivity contribution in [1.82, 2.24) is 9.55 Å². The molecule has 4 heteroatoms. The van der Waals surface area contributed by atoms with Crippen LogP contribution < -0.4 is 10.9 Å². The Bertz CT molecular complexity index is 385. The first-order valence-corrected chi connectivity index (χ1v) is 4.94. The molecule has 0 radical (unpaired) electrons. The Morgan fingerprint density at radius 2 is 2.43 bits per heavy atom. The summed E-state index contributed by atoms with van der Waals surface area (Å²) < 4.78 is 1.53. The molecule has 1 saturated carbocycles. The smallest absolute Gasteiger partial charge is 0.293 e. The Balaban J connectivity index is 2.02. The van der Waals surface area contributed by atoms with Crippen LogP contribution in [0.2, 0.25) is 0 Å². The highest BCUT2D eigenvalue weighted by molar-refractivity contribution is 5.30. The zero-order valence-corrected chi connectivity index (χ0v) is 8.53. The Morgan fingerprint density at radius 1 is 1.71 bits per heavy atom. The van der Waals surface area contributed by atoms with Gasteiger partial charge in [0.1, 0.15) is 0 Å². The molecule has 0 saturated heterocycles. The highest BCUT2D eigenvalue weighted by atomic mass is 16.1. The van der Waals surface area contributed by atoms with Gasteiger partial charge in [0.05, 0.1) is 0 Å². The van der Waals surface area contributed by atoms with Gasteiger partial charge in [-0.2, -0.15) is 0 Å². The van der Waals surface area contributed by atoms with E-state index in [1.54, 1.807) is 19.4 Å². The predicted molar refractivity (Wildman–Crippen MR) is 55.2 cm³/mol. The maximum absolute atomic E-state index is 11.5. The Kier molecular flexibility index (Phi) is 2.27. The van der Waals surface area contributed by atoms with E-state index in [-0.39, 0.29) is 5.56 Å². The number of nitrogens with one attached hydrogen (secondary N) is 1. The van der Waals surface area contributed by atoms with Crippen LogP contribution in [0.5, 0.6) is 0 Å². The average Bonchev–Trinajstić information content (AvgIpc) is 2.85. The molecule has 14 heavy (non-hydrogen) atoms. The van der Waals surface area contributed by atoms with Crippen molar-refractivity contribution < 1.29 is 0 Å². The normalized spacial score (nSPS) is 24.7. The van der Waals surface area contributed by atoms with Crippen molar-refractivity contribution in [2.75, 3.05) is 11.9 Å². The van der Waals surface area contributed by atoms with E-state index < -0.39 is 0 Å². The lowest BCUT2D eigenvalue weighted by Crippen LogP contribution is -2.22. The molecular formula is C10H15N3O. The number of anilines is 1. The van der Waals surface area contributed by atoms with Crippen LogP contribution in [0.4, 0.5) is 5.82 Å². The van der Waals surface area contributed by atoms with Crippen LogP contribution in [0.1, 0.15) is 13.3 Å². The molecule has 0 aromatic carbocycles. The first-order valence-electron chi connectivity index (χ1n) is 4.94. The number of hydrogen-bond acceptors (Lipinski definition) is 3. The fraction of sp³-hybridized carbons (Fsp3) is 0.600. The highest BCUT2D eigenvalue weighted by Gasteiger charge is 2.32. The van der Waals surface area contributed by atoms with E-state index in [4.69, 9.17) is 0 Å². The molecule has 76 valence electrons. The average molecular weight is 193 g/mol. The number of rotatable bonds is 3. The molecule has 1 aliphatic carbocycles. The Hall–Kier alpha value is -1.32. The molecule has 0 spiro atoms. The molecule has 1 aliphatic rings. The molecule has 1 aromatic rings. The lowest BCUT2D eigenvalue weighted by molar-refractivity contribution is 0.774. The highest BCUT2D eigenvalue weighted by Crippen LogP contribution is 2.37. The summed E-state index contributed by atoms with van der Waals surface area (Å²) in [4.78, 5) is 15.5. The molecule has 2 rings (SSSR count). The van der Waals surface area contributed by atoms with Crippen molar-refractivity contribution in [3.8, 4) is 0 Å². The third-order valence-corrected chi connectivity index (χ3v) is 2.82. The predicted octanol–water partition coefficient (Wildman–Crippen LogP) is 0.848. The number of aryl methyl sites for hydroxylation is 1. The Morgan fingerprint density at radius 3 is 3.07 bits per heavy atom. The second kappa shape index (κ2) is 3.44. The van der Waals surface area contributed by atoms with Gasteiger partial charge in [-0.1, -0.05) is 6.92 Å². The van der Waals surface area contributed by atoms with Crippen LogP contribution in [0.15, 0.2) is 17.2 Å². The second-order valence-electron chi connectivity index (χ2n) is 4.05. The fourth-order valence-corrected chi connectivity index (χ4v) is 1.53. The molecule has 1 N–H and O–H groups in total. The van der Waals surface area contributed by atoms with Gasteiger partial charge in [-0.3, -0.25) is 4.79 Å². The van der Waals surface area contributed by atoms with Crippen molar-refractivity contribution in [3.05, 3.63) is 22.7 Å². The molecule has 1 heterocycles. The van der Waals surface area contributed by atoms with Crippen molar-refractivity contribution in [3.63, 3.8) is 0 Å². The van der Waals surface area contributed by atoms with Gasteiger partial charge in [0.2, 0.25) is 0 Å². The molecular weight excluding hydrogens is 178 g/mol. The van der Waals surface area contributed by atoms with Gasteiger partial charge >= 0.3 is 0 Å². The summed E-state index contributed by atoms with van der Waals surface area (Å²) >= 11 is 0. The molecule has 4 nitrogen and oxygen atoms in total. The van der Waals surface area contributed by atoms with E-state index in [0.717, 1.165) is 18.4 Å². The molecule has 1 fully saturated rings. The summed E-state index contributed by atoms with van der Waals surface area (Å²) in [5.74, 6) is 1.99. The van der Waals surface area contributed by atoms with Gasteiger partial charge in [-0.05, 0) is 18.3 Å². The van der Waals surface area contributed by atoms with Crippen molar-refractivity contribution in [1.29, 1.82) is 0 Å². The van der Waals surface area contributed by atoms with Crippen molar-refractivity contribution in [2.45, 2.75) is 13.3 Å². The summed E-state index contributed by atoms with van der Waals surface area (Å²) in [5.41, 5.74) is -0.0548. The van der Waals surface area contributed by atoms with Crippen LogP contribution in [-0.4, -0.2) is 16.1 Å². The van der Waals surface area contributed by atoms with E-state index in [9.17, 15) is 4.79 Å². The zero-order chi connectivity index (χ0) is 10.1. The minimum Gasteiger partial charge on any atom is -0.365 e. The van der Waals surface area contributed by atoms with Crippen LogP contribution in [-0.2, 0) is 7.05 Å². The van der Waals surface area contributed by atoms with Gasteiger partial charge in [0.15, 0.2) is 5.82 Å². The van der Waals surface area contributed by atoms with E-state index >= 15 is 0 Å². The minimum absolute atomic E-state index is 0.0548. The van der Waals surface area contributed by atoms with Gasteiger partial charge in [0, 0.05) is 26.0 Å². The molecule has 2 atom stereocenters. The quantitative estimate of drug-likeness (QED) is 0.774. The molecule has 0 aliphatic heterocycles. The topological polar surface area (TPSA) is 46.9 Å². The third-order valence-electron chi connectivity index (χ3n) is 2.82. The van der Waals surface area contributed by atoms with E-state index in [0.29, 0.717) is 5.82 Å². The number of hydrogen-bond donors (Lipinski definition) is 1. The van der Waals surface area contributed by atoms with Gasteiger partial charge in [0.25, 0.3) is 5.56 Å². The van der Waals surface area contributed by atoms with E-state index in [1.807, 2.05) is 0 Å². The van der Waals surface area contributed by atoms with Crippen molar-refractivity contribution in [2.24, 2.45) is 18.9 Å². The zero-order valence-electron chi connectivity index (χ0n) is 8.53. The lowest BCUT2D eigenvalue weighted by atomic mass is 10.3. The molecule has 2 unspecified atom stereocenters. The van der Waals surface area contributed by atoms with Crippen LogP contribution in [0.25, 0.3) is 0 Å². The van der Waals surface area contributed by atoms with E-state index in [1.165, 1.54) is 11.0 Å².